The van der Waals surface area contributed by atoms with Gasteiger partial charge in [0.1, 0.15) is 0 Å². The lowest BCUT2D eigenvalue weighted by atomic mass is 9.99. The second-order valence-corrected chi connectivity index (χ2v) is 6.61. The number of hydrogen-bond acceptors (Lipinski definition) is 4. The van der Waals surface area contributed by atoms with Gasteiger partial charge in [0.25, 0.3) is 0 Å². The minimum Gasteiger partial charge on any atom is -0.481 e. The SMILES string of the molecule is CC(C)(CCC(=O)O)NC(=O)NCCCS(N)(=O)=O. The van der Waals surface area contributed by atoms with E-state index in [1.165, 1.54) is 0 Å². The van der Waals surface area contributed by atoms with Crippen LogP contribution in [-0.4, -0.2) is 43.4 Å². The third-order valence-corrected chi connectivity index (χ3v) is 3.16. The number of primary sulfonamides is 1. The molecule has 112 valence electrons. The summed E-state index contributed by atoms with van der Waals surface area (Å²) in [5, 5.41) is 18.5. The van der Waals surface area contributed by atoms with Crippen molar-refractivity contribution in [3.63, 3.8) is 0 Å². The molecule has 0 rings (SSSR count). The van der Waals surface area contributed by atoms with Gasteiger partial charge in [0, 0.05) is 18.5 Å². The van der Waals surface area contributed by atoms with Gasteiger partial charge in [-0.15, -0.1) is 0 Å². The van der Waals surface area contributed by atoms with E-state index in [1.807, 2.05) is 0 Å². The predicted octanol–water partition coefficient (Wildman–Crippen LogP) is -0.392. The van der Waals surface area contributed by atoms with E-state index in [2.05, 4.69) is 10.6 Å². The molecule has 0 heterocycles. The maximum absolute atomic E-state index is 11.5. The van der Waals surface area contributed by atoms with Crippen LogP contribution in [0.1, 0.15) is 33.1 Å². The zero-order chi connectivity index (χ0) is 15.1. The summed E-state index contributed by atoms with van der Waals surface area (Å²) in [5.41, 5.74) is -0.650. The topological polar surface area (TPSA) is 139 Å². The third-order valence-electron chi connectivity index (χ3n) is 2.31. The molecule has 8 nitrogen and oxygen atoms in total. The fraction of sp³-hybridized carbons (Fsp3) is 0.800. The van der Waals surface area contributed by atoms with E-state index in [0.717, 1.165) is 0 Å². The van der Waals surface area contributed by atoms with Crippen molar-refractivity contribution in [1.82, 2.24) is 10.6 Å². The van der Waals surface area contributed by atoms with Crippen LogP contribution in [-0.2, 0) is 14.8 Å². The van der Waals surface area contributed by atoms with Crippen LogP contribution in [0.3, 0.4) is 0 Å². The van der Waals surface area contributed by atoms with Crippen molar-refractivity contribution >= 4 is 22.0 Å². The van der Waals surface area contributed by atoms with E-state index in [1.54, 1.807) is 13.8 Å². The number of rotatable bonds is 8. The molecule has 0 aliphatic carbocycles. The highest BCUT2D eigenvalue weighted by molar-refractivity contribution is 7.89. The van der Waals surface area contributed by atoms with Gasteiger partial charge in [0.2, 0.25) is 10.0 Å². The fourth-order valence-corrected chi connectivity index (χ4v) is 1.86. The number of hydrogen-bond donors (Lipinski definition) is 4. The molecule has 0 bridgehead atoms. The molecule has 0 aromatic heterocycles. The van der Waals surface area contributed by atoms with E-state index in [-0.39, 0.29) is 25.1 Å². The quantitative estimate of drug-likeness (QED) is 0.452. The van der Waals surface area contributed by atoms with Gasteiger partial charge in [-0.3, -0.25) is 4.79 Å². The molecule has 0 fully saturated rings. The third kappa shape index (κ3) is 11.5. The molecule has 9 heteroatoms. The molecule has 5 N–H and O–H groups in total. The number of amides is 2. The van der Waals surface area contributed by atoms with E-state index < -0.39 is 27.6 Å². The Hall–Kier alpha value is -1.35. The number of carboxylic acid groups (broad SMARTS) is 1. The van der Waals surface area contributed by atoms with Crippen LogP contribution in [0.25, 0.3) is 0 Å². The van der Waals surface area contributed by atoms with Crippen molar-refractivity contribution in [2.45, 2.75) is 38.6 Å². The highest BCUT2D eigenvalue weighted by atomic mass is 32.2. The van der Waals surface area contributed by atoms with Crippen LogP contribution in [0.4, 0.5) is 4.79 Å². The Kier molecular flexibility index (Phi) is 6.77. The number of carboxylic acids is 1. The summed E-state index contributed by atoms with van der Waals surface area (Å²) in [6.45, 7) is 3.59. The molecule has 0 aromatic rings. The summed E-state index contributed by atoms with van der Waals surface area (Å²) >= 11 is 0. The maximum Gasteiger partial charge on any atom is 0.315 e. The van der Waals surface area contributed by atoms with Gasteiger partial charge in [-0.1, -0.05) is 0 Å². The fourth-order valence-electron chi connectivity index (χ4n) is 1.31. The summed E-state index contributed by atoms with van der Waals surface area (Å²) < 4.78 is 21.3. The number of sulfonamides is 1. The van der Waals surface area contributed by atoms with Crippen molar-refractivity contribution in [3.05, 3.63) is 0 Å². The molecule has 0 aliphatic rings. The van der Waals surface area contributed by atoms with E-state index in [0.29, 0.717) is 6.42 Å². The number of aliphatic carboxylic acids is 1. The Morgan fingerprint density at radius 2 is 1.89 bits per heavy atom. The van der Waals surface area contributed by atoms with Crippen LogP contribution in [0.15, 0.2) is 0 Å². The van der Waals surface area contributed by atoms with Crippen molar-refractivity contribution in [2.24, 2.45) is 5.14 Å². The first-order chi connectivity index (χ1) is 8.52. The summed E-state index contributed by atoms with van der Waals surface area (Å²) in [6, 6.07) is -0.468. The number of carbonyl (C=O) groups is 2. The normalized spacial score (nSPS) is 11.9. The van der Waals surface area contributed by atoms with Crippen molar-refractivity contribution in [2.75, 3.05) is 12.3 Å². The molecule has 2 amide bonds. The summed E-state index contributed by atoms with van der Waals surface area (Å²) in [4.78, 5) is 21.9. The molecule has 0 aromatic carbocycles. The minimum atomic E-state index is -3.51. The lowest BCUT2D eigenvalue weighted by Crippen LogP contribution is -2.48. The van der Waals surface area contributed by atoms with Crippen molar-refractivity contribution in [3.8, 4) is 0 Å². The smallest absolute Gasteiger partial charge is 0.315 e. The lowest BCUT2D eigenvalue weighted by molar-refractivity contribution is -0.137. The van der Waals surface area contributed by atoms with E-state index >= 15 is 0 Å². The second-order valence-electron chi connectivity index (χ2n) is 4.88. The van der Waals surface area contributed by atoms with Gasteiger partial charge in [-0.2, -0.15) is 0 Å². The van der Waals surface area contributed by atoms with Gasteiger partial charge in [-0.05, 0) is 26.7 Å². The number of nitrogens with two attached hydrogens (primary N) is 1. The largest absolute Gasteiger partial charge is 0.481 e. The standard InChI is InChI=1S/C10H21N3O5S/c1-10(2,5-4-8(14)15)13-9(16)12-6-3-7-19(11,17)18/h3-7H2,1-2H3,(H,14,15)(H2,11,17,18)(H2,12,13,16). The zero-order valence-electron chi connectivity index (χ0n) is 11.1. The zero-order valence-corrected chi connectivity index (χ0v) is 11.9. The summed E-state index contributed by atoms with van der Waals surface area (Å²) in [6.07, 6.45) is 0.480. The molecule has 0 unspecified atom stereocenters. The first-order valence-electron chi connectivity index (χ1n) is 5.80. The van der Waals surface area contributed by atoms with Crippen LogP contribution >= 0.6 is 0 Å². The molecular formula is C10H21N3O5S. The van der Waals surface area contributed by atoms with Gasteiger partial charge >= 0.3 is 12.0 Å². The van der Waals surface area contributed by atoms with Crippen molar-refractivity contribution in [1.29, 1.82) is 0 Å². The highest BCUT2D eigenvalue weighted by Gasteiger charge is 2.21. The van der Waals surface area contributed by atoms with E-state index in [4.69, 9.17) is 10.2 Å². The molecule has 0 saturated carbocycles. The first kappa shape index (κ1) is 17.6. The predicted molar refractivity (Wildman–Crippen MR) is 70.1 cm³/mol. The minimum absolute atomic E-state index is 0.0430. The average Bonchev–Trinajstić information content (AvgIpc) is 2.20. The molecule has 19 heavy (non-hydrogen) atoms. The first-order valence-corrected chi connectivity index (χ1v) is 7.52. The molecule has 0 aliphatic heterocycles. The average molecular weight is 295 g/mol. The van der Waals surface area contributed by atoms with Gasteiger partial charge in [0.05, 0.1) is 5.75 Å². The Morgan fingerprint density at radius 1 is 1.32 bits per heavy atom. The van der Waals surface area contributed by atoms with Crippen molar-refractivity contribution < 1.29 is 23.1 Å². The van der Waals surface area contributed by atoms with Gasteiger partial charge in [-0.25, -0.2) is 18.4 Å². The molecule has 0 saturated heterocycles. The maximum atomic E-state index is 11.5. The Morgan fingerprint density at radius 3 is 2.37 bits per heavy atom. The van der Waals surface area contributed by atoms with Crippen LogP contribution < -0.4 is 15.8 Å². The molecular weight excluding hydrogens is 274 g/mol. The Balaban J connectivity index is 3.93. The summed E-state index contributed by atoms with van der Waals surface area (Å²) in [7, 11) is -3.51. The molecule has 0 radical (unpaired) electrons. The van der Waals surface area contributed by atoms with Gasteiger partial charge < -0.3 is 15.7 Å². The number of carbonyl (C=O) groups excluding carboxylic acids is 1. The monoisotopic (exact) mass is 295 g/mol. The highest BCUT2D eigenvalue weighted by Crippen LogP contribution is 2.10. The Bertz CT molecular complexity index is 419. The van der Waals surface area contributed by atoms with E-state index in [9.17, 15) is 18.0 Å². The second kappa shape index (κ2) is 7.29. The van der Waals surface area contributed by atoms with Crippen LogP contribution in [0.2, 0.25) is 0 Å². The summed E-state index contributed by atoms with van der Waals surface area (Å²) in [5.74, 6) is -1.13. The number of nitrogens with one attached hydrogen (secondary N) is 2. The molecule has 0 spiro atoms. The lowest BCUT2D eigenvalue weighted by Gasteiger charge is -2.25. The number of urea groups is 1. The van der Waals surface area contributed by atoms with Crippen LogP contribution in [0.5, 0.6) is 0 Å². The molecule has 0 atom stereocenters. The van der Waals surface area contributed by atoms with Crippen LogP contribution in [0, 0.1) is 0 Å². The van der Waals surface area contributed by atoms with Gasteiger partial charge in [0.15, 0.2) is 0 Å². The Labute approximate surface area is 112 Å².